The van der Waals surface area contributed by atoms with Gasteiger partial charge in [-0.05, 0) is 26.0 Å². The van der Waals surface area contributed by atoms with Crippen molar-refractivity contribution in [3.05, 3.63) is 23.3 Å². The van der Waals surface area contributed by atoms with E-state index < -0.39 is 10.2 Å². The summed E-state index contributed by atoms with van der Waals surface area (Å²) in [5.74, 6) is 1.51. The van der Waals surface area contributed by atoms with E-state index in [2.05, 4.69) is 4.72 Å². The minimum atomic E-state index is -3.47. The lowest BCUT2D eigenvalue weighted by Gasteiger charge is -2.15. The maximum absolute atomic E-state index is 11.8. The van der Waals surface area contributed by atoms with Crippen molar-refractivity contribution in [3.63, 3.8) is 0 Å². The van der Waals surface area contributed by atoms with Gasteiger partial charge < -0.3 is 9.47 Å². The van der Waals surface area contributed by atoms with E-state index >= 15 is 0 Å². The van der Waals surface area contributed by atoms with Crippen LogP contribution in [-0.2, 0) is 23.2 Å². The fourth-order valence-electron chi connectivity index (χ4n) is 2.21. The first kappa shape index (κ1) is 16.1. The highest BCUT2D eigenvalue weighted by Gasteiger charge is 2.22. The van der Waals surface area contributed by atoms with E-state index in [0.717, 1.165) is 27.6 Å². The van der Waals surface area contributed by atoms with E-state index in [1.807, 2.05) is 26.0 Å². The number of fused-ring (bicyclic) bond motifs is 1. The normalized spacial score (nSPS) is 17.7. The predicted octanol–water partition coefficient (Wildman–Crippen LogP) is 1.30. The smallest absolute Gasteiger partial charge is 0.279 e. The standard InChI is InChI=1S/C14H22N2O4S/c1-5-19-13-7-11-6-10(2)20-14(11)8-12(13)9-15-21(17,18)16(3)4/h7-8,10,15H,5-6,9H2,1-4H3. The van der Waals surface area contributed by atoms with Gasteiger partial charge in [0.05, 0.1) is 6.61 Å². The monoisotopic (exact) mass is 314 g/mol. The summed E-state index contributed by atoms with van der Waals surface area (Å²) in [5.41, 5.74) is 1.88. The molecule has 1 aromatic carbocycles. The van der Waals surface area contributed by atoms with Crippen molar-refractivity contribution in [2.75, 3.05) is 20.7 Å². The Hall–Kier alpha value is -1.31. The largest absolute Gasteiger partial charge is 0.494 e. The van der Waals surface area contributed by atoms with Gasteiger partial charge in [0.2, 0.25) is 0 Å². The number of hydrogen-bond acceptors (Lipinski definition) is 4. The molecule has 0 amide bonds. The summed E-state index contributed by atoms with van der Waals surface area (Å²) in [6.45, 7) is 4.61. The minimum Gasteiger partial charge on any atom is -0.494 e. The summed E-state index contributed by atoms with van der Waals surface area (Å²) in [6, 6.07) is 3.81. The van der Waals surface area contributed by atoms with E-state index in [-0.39, 0.29) is 12.6 Å². The maximum atomic E-state index is 11.8. The van der Waals surface area contributed by atoms with Crippen molar-refractivity contribution in [2.45, 2.75) is 32.9 Å². The second-order valence-corrected chi connectivity index (χ2v) is 7.21. The Morgan fingerprint density at radius 1 is 1.43 bits per heavy atom. The molecule has 118 valence electrons. The lowest BCUT2D eigenvalue weighted by molar-refractivity contribution is 0.254. The van der Waals surface area contributed by atoms with Crippen LogP contribution < -0.4 is 14.2 Å². The van der Waals surface area contributed by atoms with E-state index in [9.17, 15) is 8.42 Å². The molecule has 1 N–H and O–H groups in total. The third-order valence-electron chi connectivity index (χ3n) is 3.30. The van der Waals surface area contributed by atoms with Crippen molar-refractivity contribution in [3.8, 4) is 11.5 Å². The average molecular weight is 314 g/mol. The van der Waals surface area contributed by atoms with Gasteiger partial charge in [-0.3, -0.25) is 0 Å². The highest BCUT2D eigenvalue weighted by Crippen LogP contribution is 2.35. The van der Waals surface area contributed by atoms with Crippen LogP contribution in [0.25, 0.3) is 0 Å². The number of hydrogen-bond donors (Lipinski definition) is 1. The SMILES string of the molecule is CCOc1cc2c(cc1CNS(=O)(=O)N(C)C)OC(C)C2. The van der Waals surface area contributed by atoms with Gasteiger partial charge in [-0.1, -0.05) is 0 Å². The minimum absolute atomic E-state index is 0.142. The second kappa shape index (κ2) is 6.21. The van der Waals surface area contributed by atoms with Crippen molar-refractivity contribution in [2.24, 2.45) is 0 Å². The molecule has 6 nitrogen and oxygen atoms in total. The van der Waals surface area contributed by atoms with E-state index in [0.29, 0.717) is 12.4 Å². The zero-order chi connectivity index (χ0) is 15.6. The molecule has 0 saturated carbocycles. The summed E-state index contributed by atoms with van der Waals surface area (Å²) in [4.78, 5) is 0. The number of rotatable bonds is 6. The third-order valence-corrected chi connectivity index (χ3v) is 4.78. The summed E-state index contributed by atoms with van der Waals surface area (Å²) in [7, 11) is -0.495. The second-order valence-electron chi connectivity index (χ2n) is 5.24. The summed E-state index contributed by atoms with van der Waals surface area (Å²) in [6.07, 6.45) is 0.988. The fraction of sp³-hybridized carbons (Fsp3) is 0.571. The molecule has 21 heavy (non-hydrogen) atoms. The lowest BCUT2D eigenvalue weighted by atomic mass is 10.1. The van der Waals surface area contributed by atoms with Crippen molar-refractivity contribution < 1.29 is 17.9 Å². The summed E-state index contributed by atoms with van der Waals surface area (Å²) < 4.78 is 38.6. The molecule has 0 bridgehead atoms. The first-order valence-electron chi connectivity index (χ1n) is 6.96. The van der Waals surface area contributed by atoms with Crippen LogP contribution >= 0.6 is 0 Å². The van der Waals surface area contributed by atoms with Gasteiger partial charge in [0, 0.05) is 38.2 Å². The maximum Gasteiger partial charge on any atom is 0.279 e. The van der Waals surface area contributed by atoms with Crippen LogP contribution in [0.4, 0.5) is 0 Å². The zero-order valence-electron chi connectivity index (χ0n) is 12.8. The lowest BCUT2D eigenvalue weighted by Crippen LogP contribution is -2.35. The molecule has 0 aromatic heterocycles. The molecule has 0 spiro atoms. The molecule has 0 saturated heterocycles. The van der Waals surface area contributed by atoms with Crippen molar-refractivity contribution in [1.82, 2.24) is 9.03 Å². The molecule has 1 heterocycles. The molecule has 1 aromatic rings. The highest BCUT2D eigenvalue weighted by atomic mass is 32.2. The number of benzene rings is 1. The summed E-state index contributed by atoms with van der Waals surface area (Å²) in [5, 5.41) is 0. The quantitative estimate of drug-likeness (QED) is 0.859. The summed E-state index contributed by atoms with van der Waals surface area (Å²) >= 11 is 0. The predicted molar refractivity (Wildman–Crippen MR) is 80.9 cm³/mol. The Bertz CT molecular complexity index is 614. The Kier molecular flexibility index (Phi) is 4.75. The van der Waals surface area contributed by atoms with Crippen LogP contribution in [0.15, 0.2) is 12.1 Å². The first-order valence-corrected chi connectivity index (χ1v) is 8.40. The fourth-order valence-corrected chi connectivity index (χ4v) is 2.80. The van der Waals surface area contributed by atoms with Gasteiger partial charge in [0.25, 0.3) is 10.2 Å². The van der Waals surface area contributed by atoms with Gasteiger partial charge in [0.1, 0.15) is 17.6 Å². The van der Waals surface area contributed by atoms with Crippen LogP contribution in [0.2, 0.25) is 0 Å². The molecule has 2 rings (SSSR count). The van der Waals surface area contributed by atoms with Crippen molar-refractivity contribution >= 4 is 10.2 Å². The van der Waals surface area contributed by atoms with Crippen LogP contribution in [0.1, 0.15) is 25.0 Å². The van der Waals surface area contributed by atoms with Gasteiger partial charge >= 0.3 is 0 Å². The first-order chi connectivity index (χ1) is 9.83. The van der Waals surface area contributed by atoms with Gasteiger partial charge in [-0.25, -0.2) is 0 Å². The molecule has 0 aliphatic carbocycles. The van der Waals surface area contributed by atoms with Crippen LogP contribution in [0, 0.1) is 0 Å². The Balaban J connectivity index is 2.24. The van der Waals surface area contributed by atoms with Gasteiger partial charge in [-0.15, -0.1) is 0 Å². The number of ether oxygens (including phenoxy) is 2. The van der Waals surface area contributed by atoms with E-state index in [4.69, 9.17) is 9.47 Å². The van der Waals surface area contributed by atoms with Gasteiger partial charge in [0.15, 0.2) is 0 Å². The average Bonchev–Trinajstić information content (AvgIpc) is 2.75. The van der Waals surface area contributed by atoms with Crippen molar-refractivity contribution in [1.29, 1.82) is 0 Å². The topological polar surface area (TPSA) is 67.9 Å². The van der Waals surface area contributed by atoms with E-state index in [1.54, 1.807) is 0 Å². The number of nitrogens with zero attached hydrogens (tertiary/aromatic N) is 1. The molecule has 0 fully saturated rings. The zero-order valence-corrected chi connectivity index (χ0v) is 13.7. The third kappa shape index (κ3) is 3.66. The molecular weight excluding hydrogens is 292 g/mol. The van der Waals surface area contributed by atoms with Gasteiger partial charge in [-0.2, -0.15) is 17.4 Å². The molecule has 7 heteroatoms. The molecule has 1 aliphatic rings. The molecule has 0 radical (unpaired) electrons. The van der Waals surface area contributed by atoms with Crippen LogP contribution in [0.3, 0.4) is 0 Å². The van der Waals surface area contributed by atoms with Crippen LogP contribution in [-0.4, -0.2) is 39.5 Å². The van der Waals surface area contributed by atoms with E-state index in [1.165, 1.54) is 14.1 Å². The van der Waals surface area contributed by atoms with Crippen LogP contribution in [0.5, 0.6) is 11.5 Å². The number of nitrogens with one attached hydrogen (secondary N) is 1. The molecular formula is C14H22N2O4S. The molecule has 1 atom stereocenters. The Morgan fingerprint density at radius 3 is 2.76 bits per heavy atom. The Morgan fingerprint density at radius 2 is 2.14 bits per heavy atom. The molecule has 1 unspecified atom stereocenters. The Labute approximate surface area is 126 Å². The molecule has 1 aliphatic heterocycles. The highest BCUT2D eigenvalue weighted by molar-refractivity contribution is 7.87.